The summed E-state index contributed by atoms with van der Waals surface area (Å²) >= 11 is 1.27. The fraction of sp³-hybridized carbons (Fsp3) is 0.524. The number of hydrogen-bond donors (Lipinski definition) is 1. The molecule has 1 aromatic heterocycles. The van der Waals surface area contributed by atoms with Gasteiger partial charge in [-0.2, -0.15) is 0 Å². The van der Waals surface area contributed by atoms with E-state index in [0.717, 1.165) is 12.4 Å². The minimum Gasteiger partial charge on any atom is -0.493 e. The summed E-state index contributed by atoms with van der Waals surface area (Å²) in [6, 6.07) is 7.23. The number of carbonyl (C=O) groups is 2. The van der Waals surface area contributed by atoms with E-state index in [-0.39, 0.29) is 11.9 Å². The second-order valence-electron chi connectivity index (χ2n) is 7.80. The average molecular weight is 430 g/mol. The molecule has 2 heterocycles. The van der Waals surface area contributed by atoms with E-state index in [9.17, 15) is 9.59 Å². The van der Waals surface area contributed by atoms with Gasteiger partial charge in [0, 0.05) is 31.7 Å². The van der Waals surface area contributed by atoms with E-state index < -0.39 is 0 Å². The third-order valence-corrected chi connectivity index (χ3v) is 6.33. The zero-order valence-corrected chi connectivity index (χ0v) is 17.8. The lowest BCUT2D eigenvalue weighted by Gasteiger charge is -2.34. The van der Waals surface area contributed by atoms with E-state index >= 15 is 0 Å². The van der Waals surface area contributed by atoms with E-state index in [1.165, 1.54) is 43.4 Å². The predicted molar refractivity (Wildman–Crippen MR) is 115 cm³/mol. The Kier molecular flexibility index (Phi) is 6.78. The van der Waals surface area contributed by atoms with Crippen LogP contribution in [0, 0.1) is 5.92 Å². The van der Waals surface area contributed by atoms with E-state index in [1.54, 1.807) is 15.3 Å². The van der Waals surface area contributed by atoms with E-state index in [4.69, 9.17) is 4.74 Å². The number of ether oxygens (including phenoxy) is 1. The second kappa shape index (κ2) is 9.88. The lowest BCUT2D eigenvalue weighted by atomic mass is 9.90. The van der Waals surface area contributed by atoms with Crippen LogP contribution < -0.4 is 10.1 Å². The summed E-state index contributed by atoms with van der Waals surface area (Å²) in [6.45, 7) is 2.67. The molecule has 0 radical (unpaired) electrons. The number of hydrogen-bond acceptors (Lipinski definition) is 6. The molecular weight excluding hydrogens is 402 g/mol. The smallest absolute Gasteiger partial charge is 0.323 e. The molecule has 8 nitrogen and oxygen atoms in total. The maximum Gasteiger partial charge on any atom is 0.323 e. The number of nitrogens with one attached hydrogen (secondary N) is 1. The monoisotopic (exact) mass is 429 g/mol. The van der Waals surface area contributed by atoms with Gasteiger partial charge in [0.25, 0.3) is 5.91 Å². The van der Waals surface area contributed by atoms with Crippen molar-refractivity contribution in [3.05, 3.63) is 35.3 Å². The van der Waals surface area contributed by atoms with Gasteiger partial charge in [-0.1, -0.05) is 36.7 Å². The van der Waals surface area contributed by atoms with Gasteiger partial charge >= 0.3 is 6.03 Å². The number of urea groups is 1. The largest absolute Gasteiger partial charge is 0.493 e. The summed E-state index contributed by atoms with van der Waals surface area (Å²) < 4.78 is 5.98. The van der Waals surface area contributed by atoms with Crippen LogP contribution in [0.3, 0.4) is 0 Å². The Hall–Kier alpha value is -2.68. The lowest BCUT2D eigenvalue weighted by molar-refractivity contribution is 0.0671. The summed E-state index contributed by atoms with van der Waals surface area (Å²) in [6.07, 6.45) is 6.37. The molecule has 1 aromatic carbocycles. The average Bonchev–Trinajstić information content (AvgIpc) is 3.31. The third-order valence-electron chi connectivity index (χ3n) is 5.72. The molecule has 1 N–H and O–H groups in total. The van der Waals surface area contributed by atoms with Crippen LogP contribution in [0.2, 0.25) is 0 Å². The fourth-order valence-corrected chi connectivity index (χ4v) is 4.41. The zero-order chi connectivity index (χ0) is 20.8. The van der Waals surface area contributed by atoms with Gasteiger partial charge in [-0.05, 0) is 37.0 Å². The van der Waals surface area contributed by atoms with Crippen LogP contribution >= 0.6 is 11.3 Å². The summed E-state index contributed by atoms with van der Waals surface area (Å²) in [5.74, 6) is 1.35. The quantitative estimate of drug-likeness (QED) is 0.786. The van der Waals surface area contributed by atoms with E-state index in [1.807, 2.05) is 24.3 Å². The predicted octanol–water partition coefficient (Wildman–Crippen LogP) is 3.49. The van der Waals surface area contributed by atoms with Crippen molar-refractivity contribution >= 4 is 28.4 Å². The summed E-state index contributed by atoms with van der Waals surface area (Å²) in [5.41, 5.74) is 2.20. The molecule has 2 fully saturated rings. The Morgan fingerprint density at radius 1 is 1.10 bits per heavy atom. The van der Waals surface area contributed by atoms with Crippen LogP contribution in [-0.2, 0) is 0 Å². The maximum absolute atomic E-state index is 12.9. The molecule has 2 aliphatic rings. The maximum atomic E-state index is 12.9. The van der Waals surface area contributed by atoms with E-state index in [2.05, 4.69) is 15.5 Å². The van der Waals surface area contributed by atoms with Gasteiger partial charge in [-0.25, -0.2) is 4.79 Å². The molecule has 160 valence electrons. The minimum absolute atomic E-state index is 0.0256. The normalized spacial score (nSPS) is 17.6. The summed E-state index contributed by atoms with van der Waals surface area (Å²) in [5, 5.41) is 10.7. The first-order valence-corrected chi connectivity index (χ1v) is 11.4. The number of nitrogens with zero attached hydrogens (tertiary/aromatic N) is 4. The number of amides is 3. The highest BCUT2D eigenvalue weighted by atomic mass is 32.1. The molecule has 1 saturated carbocycles. The Morgan fingerprint density at radius 2 is 1.87 bits per heavy atom. The molecule has 0 unspecified atom stereocenters. The third kappa shape index (κ3) is 5.27. The van der Waals surface area contributed by atoms with Crippen LogP contribution in [0.25, 0.3) is 0 Å². The van der Waals surface area contributed by atoms with Gasteiger partial charge in [0.15, 0.2) is 0 Å². The topological polar surface area (TPSA) is 87.7 Å². The molecule has 1 aliphatic carbocycles. The van der Waals surface area contributed by atoms with Crippen LogP contribution in [0.5, 0.6) is 5.75 Å². The fourth-order valence-electron chi connectivity index (χ4n) is 3.98. The molecule has 0 bridgehead atoms. The second-order valence-corrected chi connectivity index (χ2v) is 8.63. The number of piperazine rings is 1. The molecule has 0 atom stereocenters. The molecule has 0 spiro atoms. The first kappa shape index (κ1) is 20.6. The van der Waals surface area contributed by atoms with Crippen molar-refractivity contribution in [2.45, 2.75) is 32.1 Å². The highest BCUT2D eigenvalue weighted by Gasteiger charge is 2.25. The summed E-state index contributed by atoms with van der Waals surface area (Å²) in [4.78, 5) is 28.7. The van der Waals surface area contributed by atoms with Crippen molar-refractivity contribution in [3.8, 4) is 5.75 Å². The standard InChI is InChI=1S/C21H27N5O3S/c27-19(17-7-4-8-18(13-17)29-14-16-5-2-1-3-6-16)25-9-11-26(12-10-25)21(28)23-20-24-22-15-30-20/h4,7-8,13,15-16H,1-3,5-6,9-12,14H2,(H,23,24,28). The minimum atomic E-state index is -0.211. The lowest BCUT2D eigenvalue weighted by Crippen LogP contribution is -2.51. The molecule has 1 aliphatic heterocycles. The number of anilines is 1. The van der Waals surface area contributed by atoms with Gasteiger partial charge < -0.3 is 14.5 Å². The van der Waals surface area contributed by atoms with Crippen LogP contribution in [0.4, 0.5) is 9.93 Å². The first-order valence-electron chi connectivity index (χ1n) is 10.5. The molecule has 30 heavy (non-hydrogen) atoms. The van der Waals surface area contributed by atoms with Gasteiger partial charge in [-0.3, -0.25) is 10.1 Å². The van der Waals surface area contributed by atoms with Crippen molar-refractivity contribution in [2.24, 2.45) is 5.92 Å². The molecule has 1 saturated heterocycles. The summed E-state index contributed by atoms with van der Waals surface area (Å²) in [7, 11) is 0. The van der Waals surface area contributed by atoms with Crippen LogP contribution in [0.15, 0.2) is 29.8 Å². The van der Waals surface area contributed by atoms with Gasteiger partial charge in [-0.15, -0.1) is 10.2 Å². The van der Waals surface area contributed by atoms with E-state index in [0.29, 0.717) is 42.8 Å². The number of benzene rings is 1. The van der Waals surface area contributed by atoms with Crippen molar-refractivity contribution in [3.63, 3.8) is 0 Å². The molecule has 9 heteroatoms. The SMILES string of the molecule is O=C(Nc1nncs1)N1CCN(C(=O)c2cccc(OCC3CCCCC3)c2)CC1. The Balaban J connectivity index is 1.28. The Bertz CT molecular complexity index is 846. The van der Waals surface area contributed by atoms with Crippen molar-refractivity contribution in [1.29, 1.82) is 0 Å². The molecule has 2 aromatic rings. The number of aromatic nitrogens is 2. The Labute approximate surface area is 180 Å². The van der Waals surface area contributed by atoms with Crippen molar-refractivity contribution in [2.75, 3.05) is 38.1 Å². The number of carbonyl (C=O) groups excluding carboxylic acids is 2. The molecule has 3 amide bonds. The van der Waals surface area contributed by atoms with Crippen molar-refractivity contribution < 1.29 is 14.3 Å². The van der Waals surface area contributed by atoms with Gasteiger partial charge in [0.05, 0.1) is 6.61 Å². The van der Waals surface area contributed by atoms with Crippen LogP contribution in [-0.4, -0.2) is 64.7 Å². The van der Waals surface area contributed by atoms with Gasteiger partial charge in [0.2, 0.25) is 5.13 Å². The first-order chi connectivity index (χ1) is 14.7. The highest BCUT2D eigenvalue weighted by molar-refractivity contribution is 7.13. The van der Waals surface area contributed by atoms with Crippen LogP contribution in [0.1, 0.15) is 42.5 Å². The highest BCUT2D eigenvalue weighted by Crippen LogP contribution is 2.25. The van der Waals surface area contributed by atoms with Crippen molar-refractivity contribution in [1.82, 2.24) is 20.0 Å². The van der Waals surface area contributed by atoms with Gasteiger partial charge in [0.1, 0.15) is 11.3 Å². The number of rotatable bonds is 5. The molecule has 4 rings (SSSR count). The zero-order valence-electron chi connectivity index (χ0n) is 17.0. The molecular formula is C21H27N5O3S. The Morgan fingerprint density at radius 3 is 2.60 bits per heavy atom.